The Labute approximate surface area is 140 Å². The van der Waals surface area contributed by atoms with E-state index in [1.165, 1.54) is 0 Å². The first-order valence-corrected chi connectivity index (χ1v) is 8.12. The van der Waals surface area contributed by atoms with Crippen LogP contribution in [-0.2, 0) is 14.3 Å². The van der Waals surface area contributed by atoms with Crippen LogP contribution in [0.3, 0.4) is 0 Å². The molecule has 1 heterocycles. The summed E-state index contributed by atoms with van der Waals surface area (Å²) in [4.78, 5) is 34.3. The number of carbonyl (C=O) groups is 3. The second kappa shape index (κ2) is 9.02. The van der Waals surface area contributed by atoms with Gasteiger partial charge >= 0.3 is 0 Å². The fraction of sp³-hybridized carbons (Fsp3) is 0.471. The van der Waals surface area contributed by atoms with Gasteiger partial charge in [0.2, 0.25) is 11.8 Å². The maximum Gasteiger partial charge on any atom is 0.251 e. The number of amides is 3. The lowest BCUT2D eigenvalue weighted by molar-refractivity contribution is -0.117. The first kappa shape index (κ1) is 17.9. The Bertz CT molecular complexity index is 580. The van der Waals surface area contributed by atoms with Crippen molar-refractivity contribution < 1.29 is 19.1 Å². The Morgan fingerprint density at radius 1 is 1.17 bits per heavy atom. The minimum absolute atomic E-state index is 0.0740. The van der Waals surface area contributed by atoms with Crippen LogP contribution in [0.15, 0.2) is 24.3 Å². The summed E-state index contributed by atoms with van der Waals surface area (Å²) in [5.74, 6) is -1.06. The molecule has 0 saturated carbocycles. The third-order valence-corrected chi connectivity index (χ3v) is 3.82. The van der Waals surface area contributed by atoms with E-state index in [0.29, 0.717) is 17.7 Å². The van der Waals surface area contributed by atoms with Gasteiger partial charge in [0.05, 0.1) is 12.6 Å². The van der Waals surface area contributed by atoms with Crippen molar-refractivity contribution in [1.82, 2.24) is 5.32 Å². The van der Waals surface area contributed by atoms with Gasteiger partial charge in [-0.25, -0.2) is 0 Å². The SMILES string of the molecule is NC(=O)CNC(=O)c1ccc(NC(=O)CCC2CCCCO2)cc1. The van der Waals surface area contributed by atoms with E-state index in [0.717, 1.165) is 32.3 Å². The van der Waals surface area contributed by atoms with Crippen LogP contribution in [0.2, 0.25) is 0 Å². The second-order valence-electron chi connectivity index (χ2n) is 5.80. The van der Waals surface area contributed by atoms with Crippen LogP contribution in [-0.4, -0.2) is 37.0 Å². The molecular weight excluding hydrogens is 310 g/mol. The highest BCUT2D eigenvalue weighted by molar-refractivity contribution is 5.97. The lowest BCUT2D eigenvalue weighted by atomic mass is 10.0. The molecule has 7 nitrogen and oxygen atoms in total. The van der Waals surface area contributed by atoms with E-state index in [1.807, 2.05) is 0 Å². The Morgan fingerprint density at radius 2 is 1.92 bits per heavy atom. The predicted octanol–water partition coefficient (Wildman–Crippen LogP) is 1.19. The molecule has 24 heavy (non-hydrogen) atoms. The van der Waals surface area contributed by atoms with E-state index in [9.17, 15) is 14.4 Å². The van der Waals surface area contributed by atoms with Crippen molar-refractivity contribution in [2.24, 2.45) is 5.73 Å². The molecule has 7 heteroatoms. The van der Waals surface area contributed by atoms with Gasteiger partial charge < -0.3 is 21.1 Å². The molecule has 1 aliphatic rings. The van der Waals surface area contributed by atoms with Crippen LogP contribution in [0.1, 0.15) is 42.5 Å². The van der Waals surface area contributed by atoms with Crippen molar-refractivity contribution in [2.45, 2.75) is 38.2 Å². The van der Waals surface area contributed by atoms with Crippen LogP contribution >= 0.6 is 0 Å². The number of rotatable bonds is 7. The largest absolute Gasteiger partial charge is 0.378 e. The average Bonchev–Trinajstić information content (AvgIpc) is 2.59. The van der Waals surface area contributed by atoms with Crippen molar-refractivity contribution in [2.75, 3.05) is 18.5 Å². The topological polar surface area (TPSA) is 111 Å². The number of benzene rings is 1. The van der Waals surface area contributed by atoms with Gasteiger partial charge in [-0.15, -0.1) is 0 Å². The molecule has 4 N–H and O–H groups in total. The molecule has 1 fully saturated rings. The summed E-state index contributed by atoms with van der Waals surface area (Å²) in [6.07, 6.45) is 4.59. The zero-order valence-electron chi connectivity index (χ0n) is 13.5. The van der Waals surface area contributed by atoms with E-state index < -0.39 is 5.91 Å². The van der Waals surface area contributed by atoms with Gasteiger partial charge in [0.15, 0.2) is 0 Å². The summed E-state index contributed by atoms with van der Waals surface area (Å²) in [5.41, 5.74) is 5.98. The zero-order chi connectivity index (χ0) is 17.4. The molecule has 0 bridgehead atoms. The highest BCUT2D eigenvalue weighted by Crippen LogP contribution is 2.17. The number of primary amides is 1. The van der Waals surface area contributed by atoms with E-state index in [4.69, 9.17) is 10.5 Å². The molecule has 1 saturated heterocycles. The van der Waals surface area contributed by atoms with Gasteiger partial charge in [0, 0.05) is 24.3 Å². The van der Waals surface area contributed by atoms with E-state index in [1.54, 1.807) is 24.3 Å². The number of nitrogens with two attached hydrogens (primary N) is 1. The van der Waals surface area contributed by atoms with Crippen LogP contribution in [0.25, 0.3) is 0 Å². The van der Waals surface area contributed by atoms with Crippen molar-refractivity contribution >= 4 is 23.4 Å². The van der Waals surface area contributed by atoms with Crippen molar-refractivity contribution in [3.63, 3.8) is 0 Å². The van der Waals surface area contributed by atoms with Crippen molar-refractivity contribution in [3.05, 3.63) is 29.8 Å². The number of anilines is 1. The van der Waals surface area contributed by atoms with E-state index in [2.05, 4.69) is 10.6 Å². The highest BCUT2D eigenvalue weighted by atomic mass is 16.5. The molecule has 1 aliphatic heterocycles. The van der Waals surface area contributed by atoms with Crippen LogP contribution < -0.4 is 16.4 Å². The van der Waals surface area contributed by atoms with Gasteiger partial charge in [0.25, 0.3) is 5.91 Å². The molecular formula is C17H23N3O4. The zero-order valence-corrected chi connectivity index (χ0v) is 13.5. The first-order chi connectivity index (χ1) is 11.5. The van der Waals surface area contributed by atoms with Crippen LogP contribution in [0, 0.1) is 0 Å². The number of hydrogen-bond donors (Lipinski definition) is 3. The maximum atomic E-state index is 12.0. The fourth-order valence-corrected chi connectivity index (χ4v) is 2.53. The Hall–Kier alpha value is -2.41. The normalized spacial score (nSPS) is 17.1. The molecule has 0 spiro atoms. The molecule has 1 aromatic carbocycles. The van der Waals surface area contributed by atoms with E-state index >= 15 is 0 Å². The molecule has 2 rings (SSSR count). The predicted molar refractivity (Wildman–Crippen MR) is 89.4 cm³/mol. The number of ether oxygens (including phenoxy) is 1. The molecule has 1 atom stereocenters. The van der Waals surface area contributed by atoms with Crippen molar-refractivity contribution in [3.8, 4) is 0 Å². The van der Waals surface area contributed by atoms with Crippen molar-refractivity contribution in [1.29, 1.82) is 0 Å². The third kappa shape index (κ3) is 6.00. The molecule has 1 aromatic rings. The number of carbonyl (C=O) groups excluding carboxylic acids is 3. The van der Waals surface area contributed by atoms with E-state index in [-0.39, 0.29) is 24.5 Å². The molecule has 3 amide bonds. The van der Waals surface area contributed by atoms with Crippen LogP contribution in [0.4, 0.5) is 5.69 Å². The Morgan fingerprint density at radius 3 is 2.54 bits per heavy atom. The lowest BCUT2D eigenvalue weighted by Gasteiger charge is -2.22. The van der Waals surface area contributed by atoms with Gasteiger partial charge in [-0.2, -0.15) is 0 Å². The molecule has 0 radical (unpaired) electrons. The summed E-state index contributed by atoms with van der Waals surface area (Å²) in [5, 5.41) is 5.20. The maximum absolute atomic E-state index is 12.0. The smallest absolute Gasteiger partial charge is 0.251 e. The standard InChI is InChI=1S/C17H23N3O4/c18-15(21)11-19-17(23)12-4-6-13(7-5-12)20-16(22)9-8-14-3-1-2-10-24-14/h4-7,14H,1-3,8-11H2,(H2,18,21)(H,19,23)(H,20,22). The van der Waals surface area contributed by atoms with Gasteiger partial charge in [-0.1, -0.05) is 0 Å². The fourth-order valence-electron chi connectivity index (χ4n) is 2.53. The number of hydrogen-bond acceptors (Lipinski definition) is 4. The first-order valence-electron chi connectivity index (χ1n) is 8.12. The molecule has 0 aliphatic carbocycles. The number of nitrogens with one attached hydrogen (secondary N) is 2. The minimum Gasteiger partial charge on any atom is -0.378 e. The second-order valence-corrected chi connectivity index (χ2v) is 5.80. The van der Waals surface area contributed by atoms with Gasteiger partial charge in [0.1, 0.15) is 0 Å². The minimum atomic E-state index is -0.603. The molecule has 0 aromatic heterocycles. The molecule has 1 unspecified atom stereocenters. The van der Waals surface area contributed by atoms with Gasteiger partial charge in [-0.05, 0) is 49.9 Å². The van der Waals surface area contributed by atoms with Crippen LogP contribution in [0.5, 0.6) is 0 Å². The highest BCUT2D eigenvalue weighted by Gasteiger charge is 2.15. The summed E-state index contributed by atoms with van der Waals surface area (Å²) in [7, 11) is 0. The molecule has 130 valence electrons. The monoisotopic (exact) mass is 333 g/mol. The Kier molecular flexibility index (Phi) is 6.74. The summed E-state index contributed by atoms with van der Waals surface area (Å²) >= 11 is 0. The third-order valence-electron chi connectivity index (χ3n) is 3.82. The van der Waals surface area contributed by atoms with Gasteiger partial charge in [-0.3, -0.25) is 14.4 Å². The quantitative estimate of drug-likeness (QED) is 0.696. The lowest BCUT2D eigenvalue weighted by Crippen LogP contribution is -2.33. The average molecular weight is 333 g/mol. The summed E-state index contributed by atoms with van der Waals surface area (Å²) < 4.78 is 5.60. The Balaban J connectivity index is 1.76. The summed E-state index contributed by atoms with van der Waals surface area (Å²) in [6, 6.07) is 6.45. The summed E-state index contributed by atoms with van der Waals surface area (Å²) in [6.45, 7) is 0.576.